The number of hydrogen-bond donors (Lipinski definition) is 0. The molecule has 0 radical (unpaired) electrons. The van der Waals surface area contributed by atoms with Crippen LogP contribution in [-0.2, 0) is 5.41 Å². The number of nitrogens with zero attached hydrogens (tertiary/aromatic N) is 3. The molecule has 0 saturated heterocycles. The van der Waals surface area contributed by atoms with Crippen molar-refractivity contribution in [2.45, 2.75) is 40.0 Å². The third-order valence-corrected chi connectivity index (χ3v) is 6.93. The van der Waals surface area contributed by atoms with Crippen LogP contribution in [0.1, 0.15) is 50.5 Å². The summed E-state index contributed by atoms with van der Waals surface area (Å²) in [4.78, 5) is 22.6. The first-order chi connectivity index (χ1) is 15.7. The third-order valence-electron chi connectivity index (χ3n) is 5.89. The lowest BCUT2D eigenvalue weighted by molar-refractivity contribution is 0.0983. The number of rotatable bonds is 9. The van der Waals surface area contributed by atoms with Crippen molar-refractivity contribution in [1.82, 2.24) is 9.88 Å². The predicted molar refractivity (Wildman–Crippen MR) is 137 cm³/mol. The Hall–Kier alpha value is -2.64. The maximum Gasteiger partial charge on any atom is 0.260 e. The fourth-order valence-electron chi connectivity index (χ4n) is 3.69. The number of anilines is 1. The molecule has 6 nitrogen and oxygen atoms in total. The molecular formula is C26H35N3O3S. The second kappa shape index (κ2) is 10.5. The highest BCUT2D eigenvalue weighted by Crippen LogP contribution is 2.37. The molecule has 33 heavy (non-hydrogen) atoms. The smallest absolute Gasteiger partial charge is 0.260 e. The van der Waals surface area contributed by atoms with E-state index in [0.29, 0.717) is 28.7 Å². The van der Waals surface area contributed by atoms with Gasteiger partial charge in [0.25, 0.3) is 5.91 Å². The lowest BCUT2D eigenvalue weighted by atomic mass is 9.86. The van der Waals surface area contributed by atoms with Gasteiger partial charge in [0.1, 0.15) is 0 Å². The van der Waals surface area contributed by atoms with E-state index in [1.807, 2.05) is 36.4 Å². The molecule has 0 unspecified atom stereocenters. The SMILES string of the molecule is CCN(CC)CCN(C(=O)c1ccc(C(C)(C)C)cc1)c1nc2cc(OC)c(OC)cc2s1. The Kier molecular flexibility index (Phi) is 7.97. The molecular weight excluding hydrogens is 434 g/mol. The average molecular weight is 470 g/mol. The normalized spacial score (nSPS) is 11.8. The zero-order chi connectivity index (χ0) is 24.2. The van der Waals surface area contributed by atoms with E-state index in [0.717, 1.165) is 29.9 Å². The molecule has 0 N–H and O–H groups in total. The van der Waals surface area contributed by atoms with E-state index in [4.69, 9.17) is 14.5 Å². The molecule has 0 fully saturated rings. The molecule has 1 aromatic heterocycles. The summed E-state index contributed by atoms with van der Waals surface area (Å²) in [5.74, 6) is 1.24. The molecule has 3 rings (SSSR count). The van der Waals surface area contributed by atoms with E-state index in [1.54, 1.807) is 19.1 Å². The Morgan fingerprint density at radius 3 is 2.12 bits per heavy atom. The van der Waals surface area contributed by atoms with E-state index < -0.39 is 0 Å². The van der Waals surface area contributed by atoms with Crippen LogP contribution in [0.25, 0.3) is 10.2 Å². The van der Waals surface area contributed by atoms with Crippen LogP contribution in [0.2, 0.25) is 0 Å². The van der Waals surface area contributed by atoms with Crippen LogP contribution in [0.5, 0.6) is 11.5 Å². The number of methoxy groups -OCH3 is 2. The molecule has 1 amide bonds. The quantitative estimate of drug-likeness (QED) is 0.408. The minimum Gasteiger partial charge on any atom is -0.493 e. The Balaban J connectivity index is 1.99. The Labute approximate surface area is 201 Å². The summed E-state index contributed by atoms with van der Waals surface area (Å²) in [5, 5.41) is 0.678. The highest BCUT2D eigenvalue weighted by atomic mass is 32.1. The second-order valence-electron chi connectivity index (χ2n) is 8.98. The molecule has 2 aromatic carbocycles. The molecule has 0 bridgehead atoms. The lowest BCUT2D eigenvalue weighted by Gasteiger charge is -2.25. The van der Waals surface area contributed by atoms with Gasteiger partial charge in [-0.1, -0.05) is 58.1 Å². The summed E-state index contributed by atoms with van der Waals surface area (Å²) >= 11 is 1.49. The maximum absolute atomic E-state index is 13.6. The molecule has 0 aliphatic heterocycles. The van der Waals surface area contributed by atoms with Gasteiger partial charge in [-0.3, -0.25) is 9.69 Å². The highest BCUT2D eigenvalue weighted by Gasteiger charge is 2.23. The van der Waals surface area contributed by atoms with Gasteiger partial charge in [-0.25, -0.2) is 4.98 Å². The number of hydrogen-bond acceptors (Lipinski definition) is 6. The zero-order valence-corrected chi connectivity index (χ0v) is 21.6. The highest BCUT2D eigenvalue weighted by molar-refractivity contribution is 7.22. The minimum absolute atomic E-state index is 0.0369. The van der Waals surface area contributed by atoms with Crippen LogP contribution in [0.4, 0.5) is 5.13 Å². The molecule has 0 saturated carbocycles. The van der Waals surface area contributed by atoms with Gasteiger partial charge in [0.2, 0.25) is 0 Å². The monoisotopic (exact) mass is 469 g/mol. The van der Waals surface area contributed by atoms with Gasteiger partial charge in [0.15, 0.2) is 16.6 Å². The predicted octanol–water partition coefficient (Wildman–Crippen LogP) is 5.60. The Bertz CT molecular complexity index is 1040. The first-order valence-corrected chi connectivity index (χ1v) is 12.2. The number of likely N-dealkylation sites (N-methyl/N-ethyl adjacent to an activating group) is 1. The van der Waals surface area contributed by atoms with Crippen LogP contribution < -0.4 is 14.4 Å². The van der Waals surface area contributed by atoms with Crippen LogP contribution in [0.15, 0.2) is 36.4 Å². The summed E-state index contributed by atoms with van der Waals surface area (Å²) < 4.78 is 11.8. The summed E-state index contributed by atoms with van der Waals surface area (Å²) in [6, 6.07) is 11.7. The topological polar surface area (TPSA) is 54.9 Å². The first-order valence-electron chi connectivity index (χ1n) is 11.4. The van der Waals surface area contributed by atoms with Crippen LogP contribution in [0, 0.1) is 0 Å². The molecule has 178 valence electrons. The molecule has 7 heteroatoms. The lowest BCUT2D eigenvalue weighted by Crippen LogP contribution is -2.38. The standard InChI is InChI=1S/C26H35N3O3S/c1-8-28(9-2)14-15-29(24(30)18-10-12-19(13-11-18)26(3,4)5)25-27-20-16-21(31-6)22(32-7)17-23(20)33-25/h10-13,16-17H,8-9,14-15H2,1-7H3. The maximum atomic E-state index is 13.6. The van der Waals surface area contributed by atoms with Crippen LogP contribution in [0.3, 0.4) is 0 Å². The number of thiazole rings is 1. The van der Waals surface area contributed by atoms with Crippen molar-refractivity contribution in [1.29, 1.82) is 0 Å². The largest absolute Gasteiger partial charge is 0.493 e. The van der Waals surface area contributed by atoms with Gasteiger partial charge in [0, 0.05) is 30.8 Å². The summed E-state index contributed by atoms with van der Waals surface area (Å²) in [7, 11) is 3.23. The number of amides is 1. The molecule has 0 atom stereocenters. The van der Waals surface area contributed by atoms with E-state index in [1.165, 1.54) is 16.9 Å². The molecule has 1 heterocycles. The minimum atomic E-state index is -0.0411. The van der Waals surface area contributed by atoms with Crippen molar-refractivity contribution in [3.05, 3.63) is 47.5 Å². The van der Waals surface area contributed by atoms with Crippen molar-refractivity contribution >= 4 is 32.6 Å². The summed E-state index contributed by atoms with van der Waals surface area (Å²) in [6.07, 6.45) is 0. The average Bonchev–Trinajstić information content (AvgIpc) is 3.22. The van der Waals surface area contributed by atoms with Gasteiger partial charge < -0.3 is 14.4 Å². The molecule has 3 aromatic rings. The van der Waals surface area contributed by atoms with Crippen molar-refractivity contribution in [3.63, 3.8) is 0 Å². The van der Waals surface area contributed by atoms with E-state index in [9.17, 15) is 4.79 Å². The Morgan fingerprint density at radius 1 is 0.970 bits per heavy atom. The molecule has 0 aliphatic carbocycles. The number of fused-ring (bicyclic) bond motifs is 1. The van der Waals surface area contributed by atoms with Crippen molar-refractivity contribution < 1.29 is 14.3 Å². The van der Waals surface area contributed by atoms with Gasteiger partial charge >= 0.3 is 0 Å². The van der Waals surface area contributed by atoms with Gasteiger partial charge in [0.05, 0.1) is 24.4 Å². The van der Waals surface area contributed by atoms with Crippen LogP contribution in [-0.4, -0.2) is 56.2 Å². The van der Waals surface area contributed by atoms with E-state index in [-0.39, 0.29) is 11.3 Å². The summed E-state index contributed by atoms with van der Waals surface area (Å²) in [5.41, 5.74) is 2.69. The second-order valence-corrected chi connectivity index (χ2v) is 9.99. The van der Waals surface area contributed by atoms with E-state index in [2.05, 4.69) is 39.5 Å². The number of ether oxygens (including phenoxy) is 2. The number of carbonyl (C=O) groups excluding carboxylic acids is 1. The van der Waals surface area contributed by atoms with Crippen molar-refractivity contribution in [3.8, 4) is 11.5 Å². The third kappa shape index (κ3) is 5.65. The fraction of sp³-hybridized carbons (Fsp3) is 0.462. The number of benzene rings is 2. The van der Waals surface area contributed by atoms with Crippen molar-refractivity contribution in [2.24, 2.45) is 0 Å². The number of aromatic nitrogens is 1. The molecule has 0 aliphatic rings. The Morgan fingerprint density at radius 2 is 1.58 bits per heavy atom. The fourth-order valence-corrected chi connectivity index (χ4v) is 4.69. The summed E-state index contributed by atoms with van der Waals surface area (Å²) in [6.45, 7) is 14.0. The van der Waals surface area contributed by atoms with Crippen molar-refractivity contribution in [2.75, 3.05) is 45.3 Å². The van der Waals surface area contributed by atoms with Gasteiger partial charge in [-0.2, -0.15) is 0 Å². The van der Waals surface area contributed by atoms with E-state index >= 15 is 0 Å². The van der Waals surface area contributed by atoms with Crippen LogP contribution >= 0.6 is 11.3 Å². The zero-order valence-electron chi connectivity index (χ0n) is 20.8. The number of carbonyl (C=O) groups is 1. The van der Waals surface area contributed by atoms with Gasteiger partial charge in [-0.15, -0.1) is 0 Å². The van der Waals surface area contributed by atoms with Gasteiger partial charge in [-0.05, 0) is 36.2 Å². The first kappa shape index (κ1) is 25.0. The molecule has 0 spiro atoms.